The van der Waals surface area contributed by atoms with Crippen LogP contribution in [-0.2, 0) is 0 Å². The number of anilines is 1. The molecular weight excluding hydrogens is 198 g/mol. The molecule has 0 heterocycles. The number of allylic oxidation sites excluding steroid dienone is 3. The average molecular weight is 217 g/mol. The lowest BCUT2D eigenvalue weighted by Gasteiger charge is -2.11. The van der Waals surface area contributed by atoms with Crippen LogP contribution in [0.15, 0.2) is 42.2 Å². The van der Waals surface area contributed by atoms with E-state index in [2.05, 4.69) is 35.2 Å². The molecule has 0 aliphatic heterocycles. The van der Waals surface area contributed by atoms with Crippen LogP contribution >= 0.6 is 0 Å². The lowest BCUT2D eigenvalue weighted by molar-refractivity contribution is 0.412. The fourth-order valence-electron chi connectivity index (χ4n) is 1.33. The molecule has 1 N–H and O–H groups in total. The highest BCUT2D eigenvalue weighted by Crippen LogP contribution is 2.13. The van der Waals surface area contributed by atoms with E-state index >= 15 is 0 Å². The molecule has 0 radical (unpaired) electrons. The molecule has 86 valence electrons. The van der Waals surface area contributed by atoms with E-state index < -0.39 is 0 Å². The first-order chi connectivity index (χ1) is 7.59. The van der Waals surface area contributed by atoms with Crippen LogP contribution in [0.4, 0.5) is 5.69 Å². The highest BCUT2D eigenvalue weighted by Gasteiger charge is 1.92. The minimum Gasteiger partial charge on any atom is -0.513 e. The van der Waals surface area contributed by atoms with Crippen LogP contribution in [-0.4, -0.2) is 19.2 Å². The number of aliphatic hydroxyl groups excluding tert-OH is 1. The van der Waals surface area contributed by atoms with Gasteiger partial charge in [0.1, 0.15) is 0 Å². The SMILES string of the molecule is CC(O)=CCC=Cc1ccc(N(C)C)cc1. The smallest absolute Gasteiger partial charge is 0.0855 e. The van der Waals surface area contributed by atoms with Gasteiger partial charge in [-0.15, -0.1) is 0 Å². The molecule has 16 heavy (non-hydrogen) atoms. The van der Waals surface area contributed by atoms with Gasteiger partial charge in [0.15, 0.2) is 0 Å². The standard InChI is InChI=1S/C14H19NO/c1-12(16)6-4-5-7-13-8-10-14(11-9-13)15(2)3/h5-11,16H,4H2,1-3H3. The van der Waals surface area contributed by atoms with E-state index in [9.17, 15) is 0 Å². The molecule has 0 amide bonds. The van der Waals surface area contributed by atoms with Crippen molar-refractivity contribution in [2.75, 3.05) is 19.0 Å². The summed E-state index contributed by atoms with van der Waals surface area (Å²) in [7, 11) is 4.05. The topological polar surface area (TPSA) is 23.5 Å². The van der Waals surface area contributed by atoms with Crippen molar-refractivity contribution in [3.63, 3.8) is 0 Å². The Morgan fingerprint density at radius 2 is 1.88 bits per heavy atom. The van der Waals surface area contributed by atoms with E-state index in [-0.39, 0.29) is 0 Å². The predicted molar refractivity (Wildman–Crippen MR) is 70.8 cm³/mol. The summed E-state index contributed by atoms with van der Waals surface area (Å²) >= 11 is 0. The summed E-state index contributed by atoms with van der Waals surface area (Å²) in [4.78, 5) is 2.07. The third kappa shape index (κ3) is 4.22. The van der Waals surface area contributed by atoms with Crippen LogP contribution in [0.1, 0.15) is 18.9 Å². The van der Waals surface area contributed by atoms with Crippen molar-refractivity contribution in [3.05, 3.63) is 47.7 Å². The van der Waals surface area contributed by atoms with Crippen LogP contribution in [0, 0.1) is 0 Å². The summed E-state index contributed by atoms with van der Waals surface area (Å²) < 4.78 is 0. The molecule has 2 nitrogen and oxygen atoms in total. The Labute approximate surface area is 97.5 Å². The second-order valence-electron chi connectivity index (χ2n) is 3.97. The van der Waals surface area contributed by atoms with Crippen LogP contribution < -0.4 is 4.90 Å². The number of benzene rings is 1. The third-order valence-corrected chi connectivity index (χ3v) is 2.27. The predicted octanol–water partition coefficient (Wildman–Crippen LogP) is 3.62. The minimum absolute atomic E-state index is 0.368. The van der Waals surface area contributed by atoms with Crippen molar-refractivity contribution >= 4 is 11.8 Å². The van der Waals surface area contributed by atoms with E-state index in [0.29, 0.717) is 5.76 Å². The number of aliphatic hydroxyl groups is 1. The second-order valence-corrected chi connectivity index (χ2v) is 3.97. The zero-order chi connectivity index (χ0) is 12.0. The van der Waals surface area contributed by atoms with Crippen molar-refractivity contribution in [2.45, 2.75) is 13.3 Å². The molecule has 0 saturated heterocycles. The van der Waals surface area contributed by atoms with Crippen molar-refractivity contribution < 1.29 is 5.11 Å². The molecule has 0 aromatic heterocycles. The molecule has 0 fully saturated rings. The number of hydrogen-bond acceptors (Lipinski definition) is 2. The Kier molecular flexibility index (Phi) is 4.65. The Hall–Kier alpha value is -1.70. The Morgan fingerprint density at radius 1 is 1.25 bits per heavy atom. The van der Waals surface area contributed by atoms with Crippen LogP contribution in [0.3, 0.4) is 0 Å². The highest BCUT2D eigenvalue weighted by atomic mass is 16.3. The lowest BCUT2D eigenvalue weighted by Crippen LogP contribution is -2.07. The Balaban J connectivity index is 2.58. The zero-order valence-electron chi connectivity index (χ0n) is 10.1. The van der Waals surface area contributed by atoms with Crippen LogP contribution in [0.2, 0.25) is 0 Å². The first-order valence-corrected chi connectivity index (χ1v) is 5.39. The maximum atomic E-state index is 8.97. The van der Waals surface area contributed by atoms with Gasteiger partial charge in [0.2, 0.25) is 0 Å². The fraction of sp³-hybridized carbons (Fsp3) is 0.286. The van der Waals surface area contributed by atoms with Gasteiger partial charge in [-0.25, -0.2) is 0 Å². The summed E-state index contributed by atoms with van der Waals surface area (Å²) in [6.07, 6.45) is 6.63. The maximum absolute atomic E-state index is 8.97. The van der Waals surface area contributed by atoms with E-state index in [1.165, 1.54) is 11.3 Å². The van der Waals surface area contributed by atoms with E-state index in [1.807, 2.05) is 20.2 Å². The second kappa shape index (κ2) is 6.01. The molecule has 1 rings (SSSR count). The summed E-state index contributed by atoms with van der Waals surface area (Å²) in [6.45, 7) is 1.68. The van der Waals surface area contributed by atoms with Crippen LogP contribution in [0.25, 0.3) is 6.08 Å². The monoisotopic (exact) mass is 217 g/mol. The molecule has 0 atom stereocenters. The maximum Gasteiger partial charge on any atom is 0.0855 e. The van der Waals surface area contributed by atoms with Crippen LogP contribution in [0.5, 0.6) is 0 Å². The zero-order valence-corrected chi connectivity index (χ0v) is 10.1. The quantitative estimate of drug-likeness (QED) is 0.779. The van der Waals surface area contributed by atoms with Gasteiger partial charge in [-0.1, -0.05) is 24.3 Å². The normalized spacial score (nSPS) is 12.1. The van der Waals surface area contributed by atoms with Crippen molar-refractivity contribution in [1.29, 1.82) is 0 Å². The van der Waals surface area contributed by atoms with Gasteiger partial charge in [0, 0.05) is 19.8 Å². The molecule has 0 aliphatic carbocycles. The first kappa shape index (κ1) is 12.4. The number of nitrogens with zero attached hydrogens (tertiary/aromatic N) is 1. The van der Waals surface area contributed by atoms with Gasteiger partial charge >= 0.3 is 0 Å². The highest BCUT2D eigenvalue weighted by molar-refractivity contribution is 5.55. The number of rotatable bonds is 4. The van der Waals surface area contributed by atoms with Gasteiger partial charge in [-0.2, -0.15) is 0 Å². The summed E-state index contributed by atoms with van der Waals surface area (Å²) in [5.74, 6) is 0.368. The summed E-state index contributed by atoms with van der Waals surface area (Å²) in [6, 6.07) is 8.35. The molecule has 1 aromatic rings. The lowest BCUT2D eigenvalue weighted by atomic mass is 10.1. The van der Waals surface area contributed by atoms with Gasteiger partial charge in [0.05, 0.1) is 5.76 Å². The summed E-state index contributed by atoms with van der Waals surface area (Å²) in [5, 5.41) is 8.97. The molecule has 0 spiro atoms. The first-order valence-electron chi connectivity index (χ1n) is 5.39. The third-order valence-electron chi connectivity index (χ3n) is 2.27. The van der Waals surface area contributed by atoms with E-state index in [4.69, 9.17) is 5.11 Å². The number of hydrogen-bond donors (Lipinski definition) is 1. The average Bonchev–Trinajstić information content (AvgIpc) is 2.25. The molecule has 0 aliphatic rings. The molecule has 1 aromatic carbocycles. The molecular formula is C14H19NO. The largest absolute Gasteiger partial charge is 0.513 e. The molecule has 0 bridgehead atoms. The molecule has 2 heteroatoms. The fourth-order valence-corrected chi connectivity index (χ4v) is 1.33. The van der Waals surface area contributed by atoms with Crippen molar-refractivity contribution in [3.8, 4) is 0 Å². The molecule has 0 saturated carbocycles. The van der Waals surface area contributed by atoms with Gasteiger partial charge in [-0.3, -0.25) is 0 Å². The van der Waals surface area contributed by atoms with Gasteiger partial charge in [0.25, 0.3) is 0 Å². The molecule has 0 unspecified atom stereocenters. The van der Waals surface area contributed by atoms with Crippen molar-refractivity contribution in [1.82, 2.24) is 0 Å². The Morgan fingerprint density at radius 3 is 2.38 bits per heavy atom. The Bertz CT molecular complexity index is 370. The van der Waals surface area contributed by atoms with Crippen molar-refractivity contribution in [2.24, 2.45) is 0 Å². The van der Waals surface area contributed by atoms with Gasteiger partial charge in [-0.05, 0) is 37.1 Å². The summed E-state index contributed by atoms with van der Waals surface area (Å²) in [5.41, 5.74) is 2.37. The minimum atomic E-state index is 0.368. The van der Waals surface area contributed by atoms with E-state index in [0.717, 1.165) is 6.42 Å². The van der Waals surface area contributed by atoms with Gasteiger partial charge < -0.3 is 10.0 Å². The van der Waals surface area contributed by atoms with E-state index in [1.54, 1.807) is 13.0 Å².